The Hall–Kier alpha value is -1.62. The molecule has 0 spiro atoms. The second kappa shape index (κ2) is 3.02. The van der Waals surface area contributed by atoms with Gasteiger partial charge >= 0.3 is 0 Å². The smallest absolute Gasteiger partial charge is 0.165 e. The Morgan fingerprint density at radius 1 is 1.54 bits per heavy atom. The summed E-state index contributed by atoms with van der Waals surface area (Å²) in [6.07, 6.45) is 1.75. The average molecular weight is 177 g/mol. The van der Waals surface area contributed by atoms with Crippen LogP contribution in [0.2, 0.25) is 0 Å². The van der Waals surface area contributed by atoms with Crippen molar-refractivity contribution in [2.45, 2.75) is 6.54 Å². The molecule has 5 nitrogen and oxygen atoms in total. The lowest BCUT2D eigenvalue weighted by Crippen LogP contribution is -2.06. The number of nitrogens with one attached hydrogen (secondary N) is 1. The lowest BCUT2D eigenvalue weighted by molar-refractivity contribution is 0.753. The average Bonchev–Trinajstić information content (AvgIpc) is 2.46. The van der Waals surface area contributed by atoms with Gasteiger partial charge in [0, 0.05) is 0 Å². The molecule has 0 bridgehead atoms. The van der Waals surface area contributed by atoms with Gasteiger partial charge in [-0.25, -0.2) is 9.50 Å². The minimum atomic E-state index is 0.668. The van der Waals surface area contributed by atoms with E-state index < -0.39 is 0 Å². The fourth-order valence-electron chi connectivity index (χ4n) is 1.18. The zero-order chi connectivity index (χ0) is 9.26. The SMILES string of the molecule is CNCc1nc2ccc(N)cn2n1. The summed E-state index contributed by atoms with van der Waals surface area (Å²) in [4.78, 5) is 4.28. The summed E-state index contributed by atoms with van der Waals surface area (Å²) in [5.41, 5.74) is 7.11. The van der Waals surface area contributed by atoms with Gasteiger partial charge in [-0.05, 0) is 19.2 Å². The van der Waals surface area contributed by atoms with E-state index >= 15 is 0 Å². The molecule has 0 radical (unpaired) electrons. The molecule has 13 heavy (non-hydrogen) atoms. The fraction of sp³-hybridized carbons (Fsp3) is 0.250. The maximum absolute atomic E-state index is 5.60. The largest absolute Gasteiger partial charge is 0.397 e. The second-order valence-electron chi connectivity index (χ2n) is 2.82. The van der Waals surface area contributed by atoms with E-state index in [0.717, 1.165) is 11.5 Å². The summed E-state index contributed by atoms with van der Waals surface area (Å²) in [6.45, 7) is 0.668. The third kappa shape index (κ3) is 1.46. The molecule has 0 aromatic carbocycles. The predicted octanol–water partition coefficient (Wildman–Crippen LogP) is 0.0309. The Bertz CT molecular complexity index is 419. The summed E-state index contributed by atoms with van der Waals surface area (Å²) in [5, 5.41) is 7.22. The van der Waals surface area contributed by atoms with Gasteiger partial charge in [0.1, 0.15) is 0 Å². The number of hydrogen-bond acceptors (Lipinski definition) is 4. The van der Waals surface area contributed by atoms with Crippen LogP contribution in [0.3, 0.4) is 0 Å². The first-order valence-electron chi connectivity index (χ1n) is 4.05. The van der Waals surface area contributed by atoms with Crippen LogP contribution in [0.4, 0.5) is 5.69 Å². The van der Waals surface area contributed by atoms with Crippen molar-refractivity contribution in [2.24, 2.45) is 0 Å². The molecule has 0 aliphatic heterocycles. The van der Waals surface area contributed by atoms with Gasteiger partial charge in [-0.15, -0.1) is 5.10 Å². The van der Waals surface area contributed by atoms with Gasteiger partial charge in [0.15, 0.2) is 11.5 Å². The topological polar surface area (TPSA) is 68.2 Å². The second-order valence-corrected chi connectivity index (χ2v) is 2.82. The fourth-order valence-corrected chi connectivity index (χ4v) is 1.18. The number of fused-ring (bicyclic) bond motifs is 1. The predicted molar refractivity (Wildman–Crippen MR) is 50.2 cm³/mol. The lowest BCUT2D eigenvalue weighted by atomic mass is 10.4. The van der Waals surface area contributed by atoms with Crippen LogP contribution < -0.4 is 11.1 Å². The van der Waals surface area contributed by atoms with Gasteiger partial charge in [0.05, 0.1) is 18.4 Å². The number of pyridine rings is 1. The highest BCUT2D eigenvalue weighted by Crippen LogP contribution is 2.05. The normalized spacial score (nSPS) is 10.8. The van der Waals surface area contributed by atoms with Crippen LogP contribution in [-0.4, -0.2) is 21.6 Å². The van der Waals surface area contributed by atoms with Crippen molar-refractivity contribution in [3.63, 3.8) is 0 Å². The van der Waals surface area contributed by atoms with Gasteiger partial charge in [0.2, 0.25) is 0 Å². The van der Waals surface area contributed by atoms with Crippen LogP contribution in [0.25, 0.3) is 5.65 Å². The number of nitrogens with zero attached hydrogens (tertiary/aromatic N) is 3. The Morgan fingerprint density at radius 2 is 2.38 bits per heavy atom. The van der Waals surface area contributed by atoms with Gasteiger partial charge in [0.25, 0.3) is 0 Å². The lowest BCUT2D eigenvalue weighted by Gasteiger charge is -1.91. The van der Waals surface area contributed by atoms with Crippen LogP contribution in [0, 0.1) is 0 Å². The number of anilines is 1. The summed E-state index contributed by atoms with van der Waals surface area (Å²) in [6, 6.07) is 3.66. The number of nitrogens with two attached hydrogens (primary N) is 1. The van der Waals surface area contributed by atoms with Crippen molar-refractivity contribution in [3.05, 3.63) is 24.2 Å². The molecule has 2 aromatic heterocycles. The van der Waals surface area contributed by atoms with E-state index in [4.69, 9.17) is 5.73 Å². The number of rotatable bonds is 2. The summed E-state index contributed by atoms with van der Waals surface area (Å²) < 4.78 is 1.68. The number of nitrogen functional groups attached to an aromatic ring is 1. The molecule has 0 aliphatic rings. The Labute approximate surface area is 75.6 Å². The summed E-state index contributed by atoms with van der Waals surface area (Å²) >= 11 is 0. The number of aromatic nitrogens is 3. The highest BCUT2D eigenvalue weighted by atomic mass is 15.3. The molecule has 2 rings (SSSR count). The molecule has 68 valence electrons. The molecule has 0 aliphatic carbocycles. The van der Waals surface area contributed by atoms with Crippen molar-refractivity contribution in [1.29, 1.82) is 0 Å². The van der Waals surface area contributed by atoms with Crippen LogP contribution in [0.5, 0.6) is 0 Å². The summed E-state index contributed by atoms with van der Waals surface area (Å²) in [5.74, 6) is 0.771. The minimum absolute atomic E-state index is 0.668. The number of hydrogen-bond donors (Lipinski definition) is 2. The van der Waals surface area contributed by atoms with E-state index in [1.54, 1.807) is 10.7 Å². The molecule has 5 heteroatoms. The van der Waals surface area contributed by atoms with E-state index in [1.165, 1.54) is 0 Å². The molecule has 0 saturated heterocycles. The quantitative estimate of drug-likeness (QED) is 0.679. The third-order valence-electron chi connectivity index (χ3n) is 1.73. The maximum Gasteiger partial charge on any atom is 0.165 e. The first kappa shape index (κ1) is 8.00. The van der Waals surface area contributed by atoms with Gasteiger partial charge < -0.3 is 11.1 Å². The van der Waals surface area contributed by atoms with Crippen LogP contribution in [0.15, 0.2) is 18.3 Å². The van der Waals surface area contributed by atoms with Gasteiger partial charge in [-0.3, -0.25) is 0 Å². The molecule has 0 saturated carbocycles. The molecule has 0 atom stereocenters. The zero-order valence-corrected chi connectivity index (χ0v) is 7.36. The highest BCUT2D eigenvalue weighted by molar-refractivity contribution is 5.46. The molecule has 2 aromatic rings. The van der Waals surface area contributed by atoms with E-state index in [-0.39, 0.29) is 0 Å². The molecule has 2 heterocycles. The summed E-state index contributed by atoms with van der Waals surface area (Å²) in [7, 11) is 1.86. The minimum Gasteiger partial charge on any atom is -0.397 e. The van der Waals surface area contributed by atoms with E-state index in [9.17, 15) is 0 Å². The van der Waals surface area contributed by atoms with Crippen molar-refractivity contribution in [3.8, 4) is 0 Å². The monoisotopic (exact) mass is 177 g/mol. The highest BCUT2D eigenvalue weighted by Gasteiger charge is 2.01. The Kier molecular flexibility index (Phi) is 1.86. The van der Waals surface area contributed by atoms with Gasteiger partial charge in [-0.1, -0.05) is 0 Å². The first-order chi connectivity index (χ1) is 6.29. The zero-order valence-electron chi connectivity index (χ0n) is 7.36. The molecular formula is C8H11N5. The first-order valence-corrected chi connectivity index (χ1v) is 4.05. The van der Waals surface area contributed by atoms with Crippen LogP contribution >= 0.6 is 0 Å². The van der Waals surface area contributed by atoms with Crippen molar-refractivity contribution >= 4 is 11.3 Å². The van der Waals surface area contributed by atoms with Crippen molar-refractivity contribution in [1.82, 2.24) is 19.9 Å². The van der Waals surface area contributed by atoms with Crippen LogP contribution in [0.1, 0.15) is 5.82 Å². The van der Waals surface area contributed by atoms with E-state index in [2.05, 4.69) is 15.4 Å². The molecule has 0 amide bonds. The molecular weight excluding hydrogens is 166 g/mol. The van der Waals surface area contributed by atoms with Crippen LogP contribution in [-0.2, 0) is 6.54 Å². The van der Waals surface area contributed by atoms with Crippen molar-refractivity contribution in [2.75, 3.05) is 12.8 Å². The third-order valence-corrected chi connectivity index (χ3v) is 1.73. The van der Waals surface area contributed by atoms with Crippen molar-refractivity contribution < 1.29 is 0 Å². The molecule has 0 unspecified atom stereocenters. The maximum atomic E-state index is 5.60. The molecule has 3 N–H and O–H groups in total. The van der Waals surface area contributed by atoms with Gasteiger partial charge in [-0.2, -0.15) is 0 Å². The van der Waals surface area contributed by atoms with E-state index in [0.29, 0.717) is 12.2 Å². The standard InChI is InChI=1S/C8H11N5/c1-10-4-7-11-8-3-2-6(9)5-13(8)12-7/h2-3,5,10H,4,9H2,1H3. The van der Waals surface area contributed by atoms with E-state index in [1.807, 2.05) is 19.2 Å². The Morgan fingerprint density at radius 3 is 3.15 bits per heavy atom. The Balaban J connectivity index is 2.49. The molecule has 0 fully saturated rings.